The molecule has 0 aliphatic carbocycles. The summed E-state index contributed by atoms with van der Waals surface area (Å²) in [6, 6.07) is 6.36. The summed E-state index contributed by atoms with van der Waals surface area (Å²) in [5.74, 6) is 1.01. The van der Waals surface area contributed by atoms with Gasteiger partial charge in [-0.25, -0.2) is 0 Å². The average molecular weight is 300 g/mol. The number of anilines is 1. The first kappa shape index (κ1) is 14.9. The molecule has 0 saturated carbocycles. The minimum atomic E-state index is 0.337. The van der Waals surface area contributed by atoms with Crippen LogP contribution >= 0.6 is 0 Å². The number of rotatable bonds is 4. The lowest BCUT2D eigenvalue weighted by Gasteiger charge is -2.36. The molecule has 0 amide bonds. The van der Waals surface area contributed by atoms with Crippen LogP contribution in [0.15, 0.2) is 30.6 Å². The van der Waals surface area contributed by atoms with Gasteiger partial charge in [0, 0.05) is 37.4 Å². The van der Waals surface area contributed by atoms with Gasteiger partial charge in [0.1, 0.15) is 5.75 Å². The van der Waals surface area contributed by atoms with Crippen molar-refractivity contribution in [3.63, 3.8) is 0 Å². The van der Waals surface area contributed by atoms with Crippen LogP contribution in [0.25, 0.3) is 11.1 Å². The van der Waals surface area contributed by atoms with E-state index in [0.717, 1.165) is 42.9 Å². The monoisotopic (exact) mass is 300 g/mol. The number of aromatic hydroxyl groups is 1. The summed E-state index contributed by atoms with van der Waals surface area (Å²) < 4.78 is 0. The van der Waals surface area contributed by atoms with E-state index >= 15 is 0 Å². The maximum Gasteiger partial charge on any atom is 0.139 e. The van der Waals surface area contributed by atoms with Gasteiger partial charge in [-0.05, 0) is 30.0 Å². The van der Waals surface area contributed by atoms with Crippen LogP contribution in [0.3, 0.4) is 0 Å². The van der Waals surface area contributed by atoms with Crippen LogP contribution in [0.5, 0.6) is 5.75 Å². The fourth-order valence-corrected chi connectivity index (χ4v) is 3.15. The number of benzene rings is 1. The molecule has 3 N–H and O–H groups in total. The first-order valence-electron chi connectivity index (χ1n) is 7.94. The highest BCUT2D eigenvalue weighted by atomic mass is 16.3. The summed E-state index contributed by atoms with van der Waals surface area (Å²) in [7, 11) is 0. The smallest absolute Gasteiger partial charge is 0.139 e. The van der Waals surface area contributed by atoms with Crippen molar-refractivity contribution in [3.8, 4) is 16.9 Å². The zero-order chi connectivity index (χ0) is 15.5. The number of hydrogen-bond donors (Lipinski definition) is 3. The number of aromatic amines is 1. The molecule has 1 aromatic carbocycles. The average Bonchev–Trinajstić information content (AvgIpc) is 3.01. The third-order valence-corrected chi connectivity index (χ3v) is 4.16. The van der Waals surface area contributed by atoms with E-state index < -0.39 is 0 Å². The normalized spacial score (nSPS) is 18.9. The number of aromatic nitrogens is 2. The van der Waals surface area contributed by atoms with E-state index in [-0.39, 0.29) is 0 Å². The van der Waals surface area contributed by atoms with Gasteiger partial charge in [0.25, 0.3) is 0 Å². The van der Waals surface area contributed by atoms with Crippen molar-refractivity contribution >= 4 is 5.69 Å². The number of nitrogens with zero attached hydrogens (tertiary/aromatic N) is 2. The lowest BCUT2D eigenvalue weighted by Crippen LogP contribution is -2.51. The highest BCUT2D eigenvalue weighted by Gasteiger charge is 2.22. The molecule has 1 aliphatic heterocycles. The van der Waals surface area contributed by atoms with Crippen LogP contribution in [-0.2, 0) is 0 Å². The summed E-state index contributed by atoms with van der Waals surface area (Å²) >= 11 is 0. The van der Waals surface area contributed by atoms with Crippen molar-refractivity contribution in [1.29, 1.82) is 0 Å². The second kappa shape index (κ2) is 6.40. The third-order valence-electron chi connectivity index (χ3n) is 4.16. The molecule has 2 heterocycles. The molecule has 1 aromatic heterocycles. The summed E-state index contributed by atoms with van der Waals surface area (Å²) in [5.41, 5.74) is 2.88. The Bertz CT molecular complexity index is 609. The molecular weight excluding hydrogens is 276 g/mol. The second-order valence-corrected chi connectivity index (χ2v) is 6.42. The Hall–Kier alpha value is -2.01. The van der Waals surface area contributed by atoms with E-state index in [4.69, 9.17) is 0 Å². The van der Waals surface area contributed by atoms with E-state index in [0.29, 0.717) is 17.7 Å². The molecule has 1 aliphatic rings. The van der Waals surface area contributed by atoms with Gasteiger partial charge in [0.15, 0.2) is 0 Å². The lowest BCUT2D eigenvalue weighted by molar-refractivity contribution is 0.385. The Kier molecular flexibility index (Phi) is 4.34. The van der Waals surface area contributed by atoms with Crippen molar-refractivity contribution in [3.05, 3.63) is 30.6 Å². The molecule has 1 saturated heterocycles. The Balaban J connectivity index is 1.77. The molecule has 0 spiro atoms. The van der Waals surface area contributed by atoms with Crippen LogP contribution in [0, 0.1) is 5.92 Å². The van der Waals surface area contributed by atoms with Gasteiger partial charge < -0.3 is 15.3 Å². The van der Waals surface area contributed by atoms with Crippen molar-refractivity contribution < 1.29 is 5.11 Å². The minimum absolute atomic E-state index is 0.337. The van der Waals surface area contributed by atoms with Gasteiger partial charge in [-0.15, -0.1) is 0 Å². The van der Waals surface area contributed by atoms with Crippen LogP contribution in [0.1, 0.15) is 20.3 Å². The molecule has 5 heteroatoms. The van der Waals surface area contributed by atoms with Crippen molar-refractivity contribution in [1.82, 2.24) is 15.5 Å². The Morgan fingerprint density at radius 2 is 2.23 bits per heavy atom. The number of piperazine rings is 1. The third kappa shape index (κ3) is 3.25. The quantitative estimate of drug-likeness (QED) is 0.812. The number of H-pyrrole nitrogens is 1. The highest BCUT2D eigenvalue weighted by Crippen LogP contribution is 2.32. The van der Waals surface area contributed by atoms with Crippen LogP contribution < -0.4 is 10.2 Å². The Morgan fingerprint density at radius 3 is 2.91 bits per heavy atom. The van der Waals surface area contributed by atoms with Crippen LogP contribution in [0.4, 0.5) is 5.69 Å². The molecule has 3 rings (SSSR count). The molecule has 0 bridgehead atoms. The molecule has 1 atom stereocenters. The molecule has 0 radical (unpaired) electrons. The van der Waals surface area contributed by atoms with Gasteiger partial charge in [-0.3, -0.25) is 5.10 Å². The predicted octanol–water partition coefficient (Wildman–Crippen LogP) is 2.61. The molecule has 118 valence electrons. The summed E-state index contributed by atoms with van der Waals surface area (Å²) in [5, 5.41) is 20.7. The van der Waals surface area contributed by atoms with E-state index in [1.807, 2.05) is 24.4 Å². The van der Waals surface area contributed by atoms with E-state index in [1.54, 1.807) is 6.20 Å². The van der Waals surface area contributed by atoms with Gasteiger partial charge in [-0.2, -0.15) is 5.10 Å². The number of phenolic OH excluding ortho intramolecular Hbond substituents is 1. The fourth-order valence-electron chi connectivity index (χ4n) is 3.15. The summed E-state index contributed by atoms with van der Waals surface area (Å²) in [6.45, 7) is 7.32. The van der Waals surface area contributed by atoms with Crippen molar-refractivity contribution in [2.24, 2.45) is 5.92 Å². The zero-order valence-corrected chi connectivity index (χ0v) is 13.2. The van der Waals surface area contributed by atoms with Gasteiger partial charge in [0.05, 0.1) is 11.9 Å². The highest BCUT2D eigenvalue weighted by molar-refractivity contribution is 5.70. The molecule has 5 nitrogen and oxygen atoms in total. The standard InChI is InChI=1S/C17H24N4O/c1-12(2)7-15-11-21(6-5-18-15)16-4-3-13(8-17(16)22)14-9-19-20-10-14/h3-4,8-10,12,15,18,22H,5-7,11H2,1-2H3,(H,19,20). The largest absolute Gasteiger partial charge is 0.506 e. The molecule has 2 aromatic rings. The molecule has 1 fully saturated rings. The van der Waals surface area contributed by atoms with Gasteiger partial charge >= 0.3 is 0 Å². The van der Waals surface area contributed by atoms with E-state index in [2.05, 4.69) is 34.3 Å². The van der Waals surface area contributed by atoms with Crippen molar-refractivity contribution in [2.45, 2.75) is 26.3 Å². The predicted molar refractivity (Wildman–Crippen MR) is 89.1 cm³/mol. The minimum Gasteiger partial charge on any atom is -0.506 e. The maximum absolute atomic E-state index is 10.4. The zero-order valence-electron chi connectivity index (χ0n) is 13.2. The number of phenols is 1. The lowest BCUT2D eigenvalue weighted by atomic mass is 10.0. The fraction of sp³-hybridized carbons (Fsp3) is 0.471. The van der Waals surface area contributed by atoms with Crippen LogP contribution in [-0.4, -0.2) is 41.0 Å². The van der Waals surface area contributed by atoms with Crippen LogP contribution in [0.2, 0.25) is 0 Å². The number of hydrogen-bond acceptors (Lipinski definition) is 4. The first-order chi connectivity index (χ1) is 10.6. The topological polar surface area (TPSA) is 64.2 Å². The van der Waals surface area contributed by atoms with E-state index in [1.165, 1.54) is 0 Å². The SMILES string of the molecule is CC(C)CC1CN(c2ccc(-c3cn[nH]c3)cc2O)CCN1. The Labute approximate surface area is 131 Å². The Morgan fingerprint density at radius 1 is 1.36 bits per heavy atom. The van der Waals surface area contributed by atoms with Gasteiger partial charge in [0.2, 0.25) is 0 Å². The molecule has 22 heavy (non-hydrogen) atoms. The molecular formula is C17H24N4O. The number of nitrogens with one attached hydrogen (secondary N) is 2. The second-order valence-electron chi connectivity index (χ2n) is 6.42. The van der Waals surface area contributed by atoms with Gasteiger partial charge in [-0.1, -0.05) is 19.9 Å². The van der Waals surface area contributed by atoms with Crippen molar-refractivity contribution in [2.75, 3.05) is 24.5 Å². The first-order valence-corrected chi connectivity index (χ1v) is 7.94. The summed E-state index contributed by atoms with van der Waals surface area (Å²) in [4.78, 5) is 2.28. The summed E-state index contributed by atoms with van der Waals surface area (Å²) in [6.07, 6.45) is 4.75. The maximum atomic E-state index is 10.4. The van der Waals surface area contributed by atoms with E-state index in [9.17, 15) is 5.11 Å². The molecule has 1 unspecified atom stereocenters.